The van der Waals surface area contributed by atoms with Gasteiger partial charge >= 0.3 is 6.18 Å². The highest BCUT2D eigenvalue weighted by atomic mass is 19.4. The Morgan fingerprint density at radius 3 is 2.73 bits per heavy atom. The fraction of sp³-hybridized carbons (Fsp3) is 0.533. The lowest BCUT2D eigenvalue weighted by Gasteiger charge is -2.18. The van der Waals surface area contributed by atoms with Crippen molar-refractivity contribution >= 4 is 5.91 Å². The molecule has 1 aliphatic heterocycles. The zero-order chi connectivity index (χ0) is 15.9. The highest BCUT2D eigenvalue weighted by molar-refractivity contribution is 5.99. The van der Waals surface area contributed by atoms with Gasteiger partial charge in [0.1, 0.15) is 0 Å². The molecule has 1 aliphatic carbocycles. The minimum atomic E-state index is -4.49. The Balaban J connectivity index is 1.86. The fourth-order valence-electron chi connectivity index (χ4n) is 3.17. The molecule has 0 saturated heterocycles. The molecule has 0 spiro atoms. The Labute approximate surface area is 125 Å². The average Bonchev–Trinajstić information content (AvgIpc) is 3.02. The molecule has 2 aliphatic rings. The molecule has 0 bridgehead atoms. The van der Waals surface area contributed by atoms with Gasteiger partial charge in [-0.05, 0) is 42.5 Å². The molecule has 2 atom stereocenters. The molecule has 0 aromatic heterocycles. The second kappa shape index (κ2) is 5.55. The molecule has 1 unspecified atom stereocenters. The molecule has 1 saturated carbocycles. The van der Waals surface area contributed by atoms with Gasteiger partial charge in [0.05, 0.1) is 11.7 Å². The van der Waals surface area contributed by atoms with Gasteiger partial charge in [0, 0.05) is 24.7 Å². The van der Waals surface area contributed by atoms with Crippen LogP contribution in [0.15, 0.2) is 12.1 Å². The number of amides is 1. The van der Waals surface area contributed by atoms with Crippen molar-refractivity contribution in [3.63, 3.8) is 0 Å². The SMILES string of the molecule is O=C1NCc2c1cc(CNC1CCC[C@H]1O)cc2C(F)(F)F. The molecule has 1 amide bonds. The van der Waals surface area contributed by atoms with Gasteiger partial charge in [-0.25, -0.2) is 0 Å². The number of aliphatic hydroxyl groups is 1. The number of rotatable bonds is 3. The Bertz CT molecular complexity index is 601. The van der Waals surface area contributed by atoms with Crippen LogP contribution >= 0.6 is 0 Å². The largest absolute Gasteiger partial charge is 0.416 e. The monoisotopic (exact) mass is 314 g/mol. The van der Waals surface area contributed by atoms with Crippen molar-refractivity contribution in [2.45, 2.75) is 50.7 Å². The molecule has 0 radical (unpaired) electrons. The lowest BCUT2D eigenvalue weighted by Crippen LogP contribution is -2.35. The summed E-state index contributed by atoms with van der Waals surface area (Å²) in [4.78, 5) is 11.7. The van der Waals surface area contributed by atoms with Crippen molar-refractivity contribution in [1.82, 2.24) is 10.6 Å². The summed E-state index contributed by atoms with van der Waals surface area (Å²) in [5, 5.41) is 15.3. The van der Waals surface area contributed by atoms with Crippen molar-refractivity contribution in [3.05, 3.63) is 34.4 Å². The van der Waals surface area contributed by atoms with E-state index in [2.05, 4.69) is 10.6 Å². The molecule has 120 valence electrons. The minimum absolute atomic E-state index is 0.0159. The number of benzene rings is 1. The zero-order valence-corrected chi connectivity index (χ0v) is 11.8. The maximum Gasteiger partial charge on any atom is 0.416 e. The second-order valence-electron chi connectivity index (χ2n) is 5.84. The number of carbonyl (C=O) groups is 1. The van der Waals surface area contributed by atoms with Gasteiger partial charge in [0.15, 0.2) is 0 Å². The third kappa shape index (κ3) is 2.83. The van der Waals surface area contributed by atoms with Gasteiger partial charge in [-0.15, -0.1) is 0 Å². The fourth-order valence-corrected chi connectivity index (χ4v) is 3.17. The number of halogens is 3. The van der Waals surface area contributed by atoms with E-state index in [1.807, 2.05) is 0 Å². The van der Waals surface area contributed by atoms with Gasteiger partial charge in [-0.3, -0.25) is 4.79 Å². The summed E-state index contributed by atoms with van der Waals surface area (Å²) in [5.41, 5.74) is -0.241. The van der Waals surface area contributed by atoms with Crippen molar-refractivity contribution in [2.75, 3.05) is 0 Å². The van der Waals surface area contributed by atoms with E-state index in [4.69, 9.17) is 0 Å². The predicted octanol–water partition coefficient (Wildman–Crippen LogP) is 1.95. The van der Waals surface area contributed by atoms with Crippen LogP contribution in [0.3, 0.4) is 0 Å². The molecule has 1 aromatic rings. The van der Waals surface area contributed by atoms with Crippen LogP contribution in [0, 0.1) is 0 Å². The molecule has 1 aromatic carbocycles. The van der Waals surface area contributed by atoms with Crippen LogP contribution in [0.25, 0.3) is 0 Å². The summed E-state index contributed by atoms with van der Waals surface area (Å²) >= 11 is 0. The maximum absolute atomic E-state index is 13.2. The molecule has 7 heteroatoms. The topological polar surface area (TPSA) is 61.4 Å². The van der Waals surface area contributed by atoms with E-state index in [9.17, 15) is 23.1 Å². The van der Waals surface area contributed by atoms with Crippen molar-refractivity contribution in [1.29, 1.82) is 0 Å². The third-order valence-electron chi connectivity index (χ3n) is 4.33. The molecule has 1 fully saturated rings. The van der Waals surface area contributed by atoms with Crippen LogP contribution in [0.2, 0.25) is 0 Å². The van der Waals surface area contributed by atoms with E-state index >= 15 is 0 Å². The second-order valence-corrected chi connectivity index (χ2v) is 5.84. The minimum Gasteiger partial charge on any atom is -0.392 e. The Kier molecular flexibility index (Phi) is 3.86. The number of fused-ring (bicyclic) bond motifs is 1. The first-order valence-electron chi connectivity index (χ1n) is 7.29. The summed E-state index contributed by atoms with van der Waals surface area (Å²) < 4.78 is 39.5. The Morgan fingerprint density at radius 2 is 2.09 bits per heavy atom. The van der Waals surface area contributed by atoms with Crippen LogP contribution in [0.4, 0.5) is 13.2 Å². The van der Waals surface area contributed by atoms with E-state index in [0.29, 0.717) is 12.0 Å². The van der Waals surface area contributed by atoms with Crippen LogP contribution in [-0.4, -0.2) is 23.2 Å². The van der Waals surface area contributed by atoms with Gasteiger partial charge < -0.3 is 15.7 Å². The van der Waals surface area contributed by atoms with E-state index in [1.54, 1.807) is 0 Å². The third-order valence-corrected chi connectivity index (χ3v) is 4.33. The van der Waals surface area contributed by atoms with Gasteiger partial charge in [0.25, 0.3) is 5.91 Å². The standard InChI is InChI=1S/C15H17F3N2O2/c16-15(17,18)11-5-8(4-9-10(11)7-20-14(9)22)6-19-12-2-1-3-13(12)21/h4-5,12-13,19,21H,1-3,6-7H2,(H,20,22)/t12?,13-/m1/s1. The van der Waals surface area contributed by atoms with Crippen molar-refractivity contribution < 1.29 is 23.1 Å². The normalized spacial score (nSPS) is 24.5. The van der Waals surface area contributed by atoms with E-state index in [1.165, 1.54) is 6.07 Å². The smallest absolute Gasteiger partial charge is 0.392 e. The quantitative estimate of drug-likeness (QED) is 0.799. The van der Waals surface area contributed by atoms with E-state index in [0.717, 1.165) is 18.9 Å². The number of nitrogens with one attached hydrogen (secondary N) is 2. The molecule has 22 heavy (non-hydrogen) atoms. The average molecular weight is 314 g/mol. The lowest BCUT2D eigenvalue weighted by atomic mass is 9.98. The highest BCUT2D eigenvalue weighted by Gasteiger charge is 2.37. The number of hydrogen-bond acceptors (Lipinski definition) is 3. The maximum atomic E-state index is 13.2. The first kappa shape index (κ1) is 15.3. The Morgan fingerprint density at radius 1 is 1.32 bits per heavy atom. The van der Waals surface area contributed by atoms with Crippen molar-refractivity contribution in [3.8, 4) is 0 Å². The number of aliphatic hydroxyl groups excluding tert-OH is 1. The molecule has 4 nitrogen and oxygen atoms in total. The van der Waals surface area contributed by atoms with Crippen LogP contribution in [-0.2, 0) is 19.3 Å². The zero-order valence-electron chi connectivity index (χ0n) is 11.8. The summed E-state index contributed by atoms with van der Waals surface area (Å²) in [6, 6.07) is 2.49. The molecule has 1 heterocycles. The first-order chi connectivity index (χ1) is 10.4. The molecular formula is C15H17F3N2O2. The first-order valence-corrected chi connectivity index (χ1v) is 7.29. The number of carbonyl (C=O) groups excluding carboxylic acids is 1. The van der Waals surface area contributed by atoms with Gasteiger partial charge in [0.2, 0.25) is 0 Å². The predicted molar refractivity (Wildman–Crippen MR) is 73.1 cm³/mol. The summed E-state index contributed by atoms with van der Waals surface area (Å²) in [7, 11) is 0. The number of alkyl halides is 3. The lowest BCUT2D eigenvalue weighted by molar-refractivity contribution is -0.138. The van der Waals surface area contributed by atoms with Gasteiger partial charge in [-0.2, -0.15) is 13.2 Å². The molecular weight excluding hydrogens is 297 g/mol. The number of hydrogen-bond donors (Lipinski definition) is 3. The van der Waals surface area contributed by atoms with Crippen LogP contribution in [0.5, 0.6) is 0 Å². The van der Waals surface area contributed by atoms with Crippen LogP contribution < -0.4 is 10.6 Å². The molecule has 3 rings (SSSR count). The molecule has 3 N–H and O–H groups in total. The Hall–Kier alpha value is -1.60. The summed E-state index contributed by atoms with van der Waals surface area (Å²) in [6.45, 7) is 0.115. The summed E-state index contributed by atoms with van der Waals surface area (Å²) in [6.07, 6.45) is -2.53. The van der Waals surface area contributed by atoms with Gasteiger partial charge in [-0.1, -0.05) is 0 Å². The highest BCUT2D eigenvalue weighted by Crippen LogP contribution is 2.36. The van der Waals surface area contributed by atoms with E-state index in [-0.39, 0.29) is 30.3 Å². The van der Waals surface area contributed by atoms with E-state index < -0.39 is 23.8 Å². The van der Waals surface area contributed by atoms with Crippen LogP contribution in [0.1, 0.15) is 46.3 Å². The summed E-state index contributed by atoms with van der Waals surface area (Å²) in [5.74, 6) is -0.469. The van der Waals surface area contributed by atoms with Crippen molar-refractivity contribution in [2.24, 2.45) is 0 Å².